The molecule has 0 radical (unpaired) electrons. The van der Waals surface area contributed by atoms with Crippen molar-refractivity contribution in [1.82, 2.24) is 2.95 Å². The zero-order valence-corrected chi connectivity index (χ0v) is 6.95. The fraction of sp³-hybridized carbons (Fsp3) is 1.00. The van der Waals surface area contributed by atoms with Crippen molar-refractivity contribution >= 4 is 32.3 Å². The van der Waals surface area contributed by atoms with Crippen LogP contribution in [0.15, 0.2) is 0 Å². The molecule has 0 heterocycles. The Labute approximate surface area is 55.4 Å². The second-order valence-corrected chi connectivity index (χ2v) is 3.83. The van der Waals surface area contributed by atoms with Gasteiger partial charge in [-0.15, -0.1) is 0 Å². The third kappa shape index (κ3) is 3.12. The van der Waals surface area contributed by atoms with Gasteiger partial charge in [-0.05, 0) is 13.8 Å². The van der Waals surface area contributed by atoms with Crippen molar-refractivity contribution in [2.45, 2.75) is 19.9 Å². The summed E-state index contributed by atoms with van der Waals surface area (Å²) in [5.41, 5.74) is 0. The van der Waals surface area contributed by atoms with Gasteiger partial charge in [0.25, 0.3) is 0 Å². The zero-order valence-electron chi connectivity index (χ0n) is 3.78. The molecule has 0 aromatic heterocycles. The largest absolute Gasteiger partial charge is 0.175 e. The lowest BCUT2D eigenvalue weighted by Gasteiger charge is -2.06. The molecule has 0 unspecified atom stereocenters. The van der Waals surface area contributed by atoms with E-state index in [4.69, 9.17) is 0 Å². The highest BCUT2D eigenvalue weighted by atomic mass is 79.9. The molecule has 0 aliphatic rings. The Balaban J connectivity index is 2.99. The van der Waals surface area contributed by atoms with Gasteiger partial charge in [0.2, 0.25) is 0 Å². The van der Waals surface area contributed by atoms with Crippen LogP contribution in [0.2, 0.25) is 0 Å². The van der Waals surface area contributed by atoms with Gasteiger partial charge in [0.05, 0.1) is 0 Å². The molecular weight excluding hydrogens is 210 g/mol. The summed E-state index contributed by atoms with van der Waals surface area (Å²) in [6.45, 7) is 4.15. The SMILES string of the molecule is CC(C)N(Br)Br. The molecule has 0 amide bonds. The van der Waals surface area contributed by atoms with E-state index in [0.29, 0.717) is 6.04 Å². The lowest BCUT2D eigenvalue weighted by molar-refractivity contribution is 0.631. The van der Waals surface area contributed by atoms with Gasteiger partial charge in [-0.25, -0.2) is 0 Å². The molecule has 0 aromatic carbocycles. The van der Waals surface area contributed by atoms with Gasteiger partial charge < -0.3 is 0 Å². The molecule has 38 valence electrons. The molecule has 0 atom stereocenters. The summed E-state index contributed by atoms with van der Waals surface area (Å²) in [6.07, 6.45) is 0. The number of hydrogen-bond donors (Lipinski definition) is 0. The smallest absolute Gasteiger partial charge is 0.0264 e. The Hall–Kier alpha value is 0.920. The van der Waals surface area contributed by atoms with Crippen molar-refractivity contribution in [2.24, 2.45) is 0 Å². The van der Waals surface area contributed by atoms with Crippen LogP contribution in [-0.4, -0.2) is 8.99 Å². The van der Waals surface area contributed by atoms with E-state index in [1.54, 1.807) is 2.95 Å². The molecule has 3 heteroatoms. The molecule has 0 aliphatic heterocycles. The van der Waals surface area contributed by atoms with E-state index in [2.05, 4.69) is 46.1 Å². The fourth-order valence-corrected chi connectivity index (χ4v) is 0. The third-order valence-electron chi connectivity index (χ3n) is 0.390. The van der Waals surface area contributed by atoms with E-state index >= 15 is 0 Å². The van der Waals surface area contributed by atoms with Crippen LogP contribution < -0.4 is 0 Å². The fourth-order valence-electron chi connectivity index (χ4n) is 0. The molecule has 0 aliphatic carbocycles. The molecule has 1 nitrogen and oxygen atoms in total. The Bertz CT molecular complexity index is 29.8. The molecule has 0 aromatic rings. The molecule has 0 fully saturated rings. The predicted octanol–water partition coefficient (Wildman–Crippen LogP) is 2.32. The van der Waals surface area contributed by atoms with Crippen molar-refractivity contribution in [1.29, 1.82) is 0 Å². The molecule has 0 saturated heterocycles. The molecule has 0 spiro atoms. The highest BCUT2D eigenvalue weighted by Gasteiger charge is 1.95. The first-order valence-electron chi connectivity index (χ1n) is 1.75. The zero-order chi connectivity index (χ0) is 5.15. The van der Waals surface area contributed by atoms with Crippen LogP contribution in [0.1, 0.15) is 13.8 Å². The van der Waals surface area contributed by atoms with E-state index in [9.17, 15) is 0 Å². The quantitative estimate of drug-likeness (QED) is 0.609. The lowest BCUT2D eigenvalue weighted by atomic mass is 10.4. The maximum Gasteiger partial charge on any atom is 0.0264 e. The van der Waals surface area contributed by atoms with Gasteiger partial charge in [0.15, 0.2) is 0 Å². The van der Waals surface area contributed by atoms with Crippen LogP contribution in [0.3, 0.4) is 0 Å². The lowest BCUT2D eigenvalue weighted by Crippen LogP contribution is -2.06. The molecule has 0 saturated carbocycles. The van der Waals surface area contributed by atoms with Crippen LogP contribution >= 0.6 is 32.3 Å². The Morgan fingerprint density at radius 2 is 1.50 bits per heavy atom. The van der Waals surface area contributed by atoms with Gasteiger partial charge in [-0.2, -0.15) is 2.95 Å². The Morgan fingerprint density at radius 3 is 1.50 bits per heavy atom. The third-order valence-corrected chi connectivity index (χ3v) is 2.03. The topological polar surface area (TPSA) is 3.24 Å². The minimum Gasteiger partial charge on any atom is -0.175 e. The highest BCUT2D eigenvalue weighted by Crippen LogP contribution is 2.09. The molecule has 6 heavy (non-hydrogen) atoms. The maximum atomic E-state index is 3.19. The molecular formula is C3H7Br2N. The van der Waals surface area contributed by atoms with Gasteiger partial charge >= 0.3 is 0 Å². The minimum atomic E-state index is 0.519. The van der Waals surface area contributed by atoms with Crippen LogP contribution in [0, 0.1) is 0 Å². The Morgan fingerprint density at radius 1 is 1.33 bits per heavy atom. The van der Waals surface area contributed by atoms with E-state index in [-0.39, 0.29) is 0 Å². The van der Waals surface area contributed by atoms with Crippen LogP contribution in [-0.2, 0) is 0 Å². The van der Waals surface area contributed by atoms with Crippen molar-refractivity contribution in [3.8, 4) is 0 Å². The summed E-state index contributed by atoms with van der Waals surface area (Å²) in [4.78, 5) is 0. The standard InChI is InChI=1S/C3H7Br2N/c1-3(2)6(4)5/h3H,1-2H3. The second-order valence-electron chi connectivity index (χ2n) is 1.35. The maximum absolute atomic E-state index is 3.19. The average Bonchev–Trinajstić information content (AvgIpc) is 1.36. The number of halogens is 2. The van der Waals surface area contributed by atoms with E-state index in [0.717, 1.165) is 0 Å². The van der Waals surface area contributed by atoms with Gasteiger partial charge in [0.1, 0.15) is 0 Å². The first-order valence-corrected chi connectivity index (χ1v) is 3.17. The van der Waals surface area contributed by atoms with Crippen molar-refractivity contribution in [3.63, 3.8) is 0 Å². The number of rotatable bonds is 1. The van der Waals surface area contributed by atoms with Crippen LogP contribution in [0.5, 0.6) is 0 Å². The van der Waals surface area contributed by atoms with Gasteiger partial charge in [-0.3, -0.25) is 0 Å². The summed E-state index contributed by atoms with van der Waals surface area (Å²) in [6, 6.07) is 0.519. The van der Waals surface area contributed by atoms with Crippen LogP contribution in [0.4, 0.5) is 0 Å². The van der Waals surface area contributed by atoms with E-state index < -0.39 is 0 Å². The molecule has 0 rings (SSSR count). The first-order chi connectivity index (χ1) is 2.64. The highest BCUT2D eigenvalue weighted by molar-refractivity contribution is 9.21. The molecule has 0 bridgehead atoms. The van der Waals surface area contributed by atoms with Crippen molar-refractivity contribution in [2.75, 3.05) is 0 Å². The normalized spacial score (nSPS) is 11.0. The first kappa shape index (κ1) is 6.92. The van der Waals surface area contributed by atoms with Gasteiger partial charge in [-0.1, -0.05) is 0 Å². The second kappa shape index (κ2) is 2.99. The number of nitrogens with zero attached hydrogens (tertiary/aromatic N) is 1. The molecule has 0 N–H and O–H groups in total. The van der Waals surface area contributed by atoms with Gasteiger partial charge in [0, 0.05) is 38.3 Å². The minimum absolute atomic E-state index is 0.519. The van der Waals surface area contributed by atoms with Crippen molar-refractivity contribution < 1.29 is 0 Å². The monoisotopic (exact) mass is 215 g/mol. The summed E-state index contributed by atoms with van der Waals surface area (Å²) >= 11 is 6.38. The van der Waals surface area contributed by atoms with E-state index in [1.807, 2.05) is 0 Å². The van der Waals surface area contributed by atoms with Crippen LogP contribution in [0.25, 0.3) is 0 Å². The summed E-state index contributed by atoms with van der Waals surface area (Å²) in [7, 11) is 0. The Kier molecular flexibility index (Phi) is 3.45. The summed E-state index contributed by atoms with van der Waals surface area (Å²) < 4.78 is 1.79. The summed E-state index contributed by atoms with van der Waals surface area (Å²) in [5, 5.41) is 0. The van der Waals surface area contributed by atoms with Crippen molar-refractivity contribution in [3.05, 3.63) is 0 Å². The number of hydrogen-bond acceptors (Lipinski definition) is 1. The predicted molar refractivity (Wildman–Crippen MR) is 34.8 cm³/mol. The summed E-state index contributed by atoms with van der Waals surface area (Å²) in [5.74, 6) is 0. The van der Waals surface area contributed by atoms with E-state index in [1.165, 1.54) is 0 Å². The average molecular weight is 217 g/mol.